The number of rotatable bonds is 3. The lowest BCUT2D eigenvalue weighted by molar-refractivity contribution is -0.294. The van der Waals surface area contributed by atoms with Crippen LogP contribution in [-0.2, 0) is 10.0 Å². The summed E-state index contributed by atoms with van der Waals surface area (Å²) in [6.07, 6.45) is 1.62. The number of piperidine rings is 1. The third kappa shape index (κ3) is 3.27. The highest BCUT2D eigenvalue weighted by Crippen LogP contribution is 2.38. The Morgan fingerprint density at radius 3 is 2.00 bits per heavy atom. The van der Waals surface area contributed by atoms with Crippen molar-refractivity contribution < 1.29 is 10.0 Å². The van der Waals surface area contributed by atoms with Crippen LogP contribution in [0, 0.1) is 0 Å². The third-order valence-electron chi connectivity index (χ3n) is 3.67. The maximum Gasteiger partial charge on any atom is 0.143 e. The van der Waals surface area contributed by atoms with Gasteiger partial charge in [0.15, 0.2) is 0 Å². The van der Waals surface area contributed by atoms with E-state index in [9.17, 15) is 10.0 Å². The van der Waals surface area contributed by atoms with Crippen molar-refractivity contribution in [2.75, 3.05) is 13.6 Å². The molecule has 0 aromatic rings. The van der Waals surface area contributed by atoms with Crippen molar-refractivity contribution in [3.63, 3.8) is 0 Å². The molecule has 0 N–H and O–H groups in total. The van der Waals surface area contributed by atoms with Crippen LogP contribution in [0.5, 0.6) is 0 Å². The zero-order valence-corrected chi connectivity index (χ0v) is 11.9. The summed E-state index contributed by atoms with van der Waals surface area (Å²) in [5, 5.41) is 13.4. The molecule has 1 saturated heterocycles. The first kappa shape index (κ1) is 14.6. The number of hydrogen-bond acceptors (Lipinski definition) is 3. The van der Waals surface area contributed by atoms with Crippen LogP contribution in [0.3, 0.4) is 0 Å². The van der Waals surface area contributed by atoms with Gasteiger partial charge in [-0.15, -0.1) is 10.3 Å². The number of hydrogen-bond donors (Lipinski definition) is 0. The van der Waals surface area contributed by atoms with E-state index < -0.39 is 0 Å². The summed E-state index contributed by atoms with van der Waals surface area (Å²) in [5.74, 6) is 0.174. The molecule has 4 nitrogen and oxygen atoms in total. The Bertz CT molecular complexity index is 282. The first-order chi connectivity index (χ1) is 7.56. The molecule has 0 unspecified atom stereocenters. The van der Waals surface area contributed by atoms with E-state index in [0.717, 1.165) is 12.8 Å². The van der Waals surface area contributed by atoms with Crippen molar-refractivity contribution in [1.29, 1.82) is 0 Å². The molecular formula is C13H25N2O2. The molecule has 17 heavy (non-hydrogen) atoms. The van der Waals surface area contributed by atoms with Crippen LogP contribution in [0.25, 0.3) is 0 Å². The molecule has 0 aromatic heterocycles. The van der Waals surface area contributed by atoms with E-state index in [0.29, 0.717) is 12.6 Å². The van der Waals surface area contributed by atoms with Gasteiger partial charge in [0.05, 0.1) is 6.54 Å². The minimum Gasteiger partial charge on any atom is -0.299 e. The zero-order valence-electron chi connectivity index (χ0n) is 11.9. The van der Waals surface area contributed by atoms with E-state index >= 15 is 0 Å². The predicted molar refractivity (Wildman–Crippen MR) is 67.0 cm³/mol. The molecule has 0 aromatic carbocycles. The van der Waals surface area contributed by atoms with Gasteiger partial charge in [0, 0.05) is 17.1 Å². The lowest BCUT2D eigenvalue weighted by atomic mass is 9.78. The van der Waals surface area contributed by atoms with E-state index in [1.807, 2.05) is 34.7 Å². The number of ketones is 1. The van der Waals surface area contributed by atoms with Crippen LogP contribution >= 0.6 is 0 Å². The Balaban J connectivity index is 2.81. The maximum atomic E-state index is 12.2. The largest absolute Gasteiger partial charge is 0.299 e. The standard InChI is InChI=1S/C13H25N2O2/c1-10(16)9-14(6)11-7-12(2,3)15(17)13(4,5)8-11/h11H,7-9H2,1-6H3. The van der Waals surface area contributed by atoms with E-state index in [2.05, 4.69) is 4.90 Å². The summed E-state index contributed by atoms with van der Waals surface area (Å²) < 4.78 is 0. The zero-order chi connectivity index (χ0) is 13.4. The highest BCUT2D eigenvalue weighted by Gasteiger charge is 2.47. The van der Waals surface area contributed by atoms with Crippen LogP contribution in [-0.4, -0.2) is 46.5 Å². The topological polar surface area (TPSA) is 43.5 Å². The van der Waals surface area contributed by atoms with Gasteiger partial charge in [0.25, 0.3) is 0 Å². The fourth-order valence-corrected chi connectivity index (χ4v) is 3.00. The molecule has 1 fully saturated rings. The molecule has 0 amide bonds. The second-order valence-corrected chi connectivity index (χ2v) is 6.60. The Morgan fingerprint density at radius 1 is 1.24 bits per heavy atom. The average Bonchev–Trinajstić information content (AvgIpc) is 2.11. The number of carbonyl (C=O) groups is 1. The van der Waals surface area contributed by atoms with Gasteiger partial charge < -0.3 is 0 Å². The van der Waals surface area contributed by atoms with E-state index in [4.69, 9.17) is 0 Å². The number of carbonyl (C=O) groups excluding carboxylic acids is 1. The normalized spacial score (nSPS) is 25.2. The minimum atomic E-state index is -0.364. The third-order valence-corrected chi connectivity index (χ3v) is 3.67. The lowest BCUT2D eigenvalue weighted by Crippen LogP contribution is -2.62. The van der Waals surface area contributed by atoms with Gasteiger partial charge in [-0.1, -0.05) is 0 Å². The monoisotopic (exact) mass is 241 g/mol. The van der Waals surface area contributed by atoms with E-state index in [1.54, 1.807) is 6.92 Å². The number of hydroxylamine groups is 2. The summed E-state index contributed by atoms with van der Waals surface area (Å²) in [7, 11) is 1.97. The van der Waals surface area contributed by atoms with E-state index in [-0.39, 0.29) is 16.9 Å². The van der Waals surface area contributed by atoms with Crippen molar-refractivity contribution >= 4 is 5.78 Å². The van der Waals surface area contributed by atoms with Gasteiger partial charge in [-0.05, 0) is 54.5 Å². The quantitative estimate of drug-likeness (QED) is 0.757. The Kier molecular flexibility index (Phi) is 4.01. The maximum absolute atomic E-state index is 12.2. The summed E-state index contributed by atoms with van der Waals surface area (Å²) in [6, 6.07) is 0.300. The molecule has 4 heteroatoms. The Morgan fingerprint density at radius 2 is 1.65 bits per heavy atom. The second kappa shape index (κ2) is 4.67. The summed E-state index contributed by atoms with van der Waals surface area (Å²) in [4.78, 5) is 13.3. The first-order valence-electron chi connectivity index (χ1n) is 6.23. The average molecular weight is 241 g/mol. The first-order valence-corrected chi connectivity index (χ1v) is 6.23. The molecular weight excluding hydrogens is 216 g/mol. The number of Topliss-reactive ketones (excluding diaryl/α,β-unsaturated/α-hetero) is 1. The highest BCUT2D eigenvalue weighted by atomic mass is 16.5. The summed E-state index contributed by atoms with van der Waals surface area (Å²) >= 11 is 0. The minimum absolute atomic E-state index is 0.174. The second-order valence-electron chi connectivity index (χ2n) is 6.60. The molecule has 1 rings (SSSR count). The van der Waals surface area contributed by atoms with Crippen molar-refractivity contribution in [2.45, 2.75) is 64.6 Å². The van der Waals surface area contributed by atoms with Crippen LogP contribution in [0.4, 0.5) is 0 Å². The lowest BCUT2D eigenvalue weighted by Gasteiger charge is -2.51. The molecule has 0 bridgehead atoms. The molecule has 99 valence electrons. The SMILES string of the molecule is CC(=O)CN(C)C1CC(C)(C)N([O])C(C)(C)C1. The predicted octanol–water partition coefficient (Wildman–Crippen LogP) is 1.87. The molecule has 0 atom stereocenters. The van der Waals surface area contributed by atoms with Gasteiger partial charge >= 0.3 is 0 Å². The van der Waals surface area contributed by atoms with Crippen molar-refractivity contribution in [3.05, 3.63) is 0 Å². The van der Waals surface area contributed by atoms with Gasteiger partial charge in [-0.25, -0.2) is 0 Å². The molecule has 1 aliphatic heterocycles. The van der Waals surface area contributed by atoms with Crippen molar-refractivity contribution in [2.24, 2.45) is 0 Å². The fraction of sp³-hybridized carbons (Fsp3) is 0.923. The van der Waals surface area contributed by atoms with Crippen LogP contribution in [0.15, 0.2) is 0 Å². The highest BCUT2D eigenvalue weighted by molar-refractivity contribution is 5.77. The fourth-order valence-electron chi connectivity index (χ4n) is 3.00. The molecule has 0 spiro atoms. The van der Waals surface area contributed by atoms with Crippen molar-refractivity contribution in [1.82, 2.24) is 9.96 Å². The number of nitrogens with zero attached hydrogens (tertiary/aromatic N) is 2. The van der Waals surface area contributed by atoms with Gasteiger partial charge in [-0.3, -0.25) is 9.69 Å². The Hall–Kier alpha value is -0.450. The molecule has 0 saturated carbocycles. The van der Waals surface area contributed by atoms with Crippen LogP contribution in [0.1, 0.15) is 47.5 Å². The number of likely N-dealkylation sites (N-methyl/N-ethyl adjacent to an activating group) is 1. The Labute approximate surface area is 105 Å². The van der Waals surface area contributed by atoms with Gasteiger partial charge in [0.2, 0.25) is 0 Å². The summed E-state index contributed by atoms with van der Waals surface area (Å²) in [6.45, 7) is 10.0. The molecule has 1 aliphatic rings. The van der Waals surface area contributed by atoms with Gasteiger partial charge in [-0.2, -0.15) is 0 Å². The molecule has 0 aliphatic carbocycles. The van der Waals surface area contributed by atoms with Gasteiger partial charge in [0.1, 0.15) is 5.78 Å². The van der Waals surface area contributed by atoms with Crippen LogP contribution < -0.4 is 0 Å². The van der Waals surface area contributed by atoms with Crippen LogP contribution in [0.2, 0.25) is 0 Å². The van der Waals surface area contributed by atoms with E-state index in [1.165, 1.54) is 5.06 Å². The summed E-state index contributed by atoms with van der Waals surface area (Å²) in [5.41, 5.74) is -0.727. The molecule has 1 heterocycles. The van der Waals surface area contributed by atoms with Crippen molar-refractivity contribution in [3.8, 4) is 0 Å². The smallest absolute Gasteiger partial charge is 0.143 e. The molecule has 1 radical (unpaired) electrons.